The molecule has 3 aromatic rings. The number of halogens is 1. The summed E-state index contributed by atoms with van der Waals surface area (Å²) in [6.07, 6.45) is 0. The highest BCUT2D eigenvalue weighted by Gasteiger charge is 2.38. The predicted molar refractivity (Wildman–Crippen MR) is 120 cm³/mol. The van der Waals surface area contributed by atoms with E-state index in [0.29, 0.717) is 19.0 Å². The Labute approximate surface area is 194 Å². The number of carbonyl (C=O) groups is 3. The molecule has 0 radical (unpaired) electrons. The van der Waals surface area contributed by atoms with E-state index in [1.807, 2.05) is 0 Å². The van der Waals surface area contributed by atoms with E-state index in [4.69, 9.17) is 21.1 Å². The van der Waals surface area contributed by atoms with Gasteiger partial charge in [-0.2, -0.15) is 0 Å². The first-order valence-corrected chi connectivity index (χ1v) is 11.6. The smallest absolute Gasteiger partial charge is 0.342 e. The van der Waals surface area contributed by atoms with Crippen molar-refractivity contribution in [3.8, 4) is 11.5 Å². The second kappa shape index (κ2) is 8.99. The van der Waals surface area contributed by atoms with Crippen LogP contribution in [0.5, 0.6) is 11.5 Å². The number of aryl methyl sites for hydroxylation is 2. The highest BCUT2D eigenvalue weighted by molar-refractivity contribution is 7.18. The lowest BCUT2D eigenvalue weighted by Crippen LogP contribution is -2.12. The van der Waals surface area contributed by atoms with Gasteiger partial charge in [0.25, 0.3) is 0 Å². The van der Waals surface area contributed by atoms with Gasteiger partial charge in [-0.05, 0) is 26.0 Å². The van der Waals surface area contributed by atoms with Gasteiger partial charge in [0.1, 0.15) is 22.6 Å². The standard InChI is InChI=1S/C20H17ClO7S3/c1-7-11(19(25)27-3)15(23)17(29-7)13(14(22)9-5-6-10(21)31-9)18-16(24)12(8(2)30-18)20(26)28-4/h5-6,13,23-24H,1-4H3. The summed E-state index contributed by atoms with van der Waals surface area (Å²) in [5, 5.41) is 21.7. The second-order valence-corrected chi connectivity index (χ2v) is 10.6. The van der Waals surface area contributed by atoms with Gasteiger partial charge in [0.05, 0.1) is 39.1 Å². The molecule has 0 aliphatic rings. The molecular weight excluding hydrogens is 484 g/mol. The molecular formula is C20H17ClO7S3. The van der Waals surface area contributed by atoms with Gasteiger partial charge in [-0.1, -0.05) is 11.6 Å². The van der Waals surface area contributed by atoms with Crippen LogP contribution in [0.1, 0.15) is 55.8 Å². The molecule has 11 heteroatoms. The molecule has 0 bridgehead atoms. The van der Waals surface area contributed by atoms with Gasteiger partial charge in [-0.25, -0.2) is 9.59 Å². The molecule has 0 amide bonds. The number of aromatic hydroxyl groups is 2. The number of Topliss-reactive ketones (excluding diaryl/α,β-unsaturated/α-hetero) is 1. The zero-order valence-electron chi connectivity index (χ0n) is 16.8. The molecule has 0 spiro atoms. The number of ether oxygens (including phenoxy) is 2. The monoisotopic (exact) mass is 500 g/mol. The van der Waals surface area contributed by atoms with Crippen molar-refractivity contribution in [3.63, 3.8) is 0 Å². The maximum atomic E-state index is 13.5. The van der Waals surface area contributed by atoms with Crippen LogP contribution in [0.25, 0.3) is 0 Å². The lowest BCUT2D eigenvalue weighted by molar-refractivity contribution is 0.0588. The van der Waals surface area contributed by atoms with Crippen LogP contribution in [-0.4, -0.2) is 42.2 Å². The minimum absolute atomic E-state index is 0.0505. The summed E-state index contributed by atoms with van der Waals surface area (Å²) >= 11 is 9.11. The van der Waals surface area contributed by atoms with Crippen molar-refractivity contribution < 1.29 is 34.1 Å². The summed E-state index contributed by atoms with van der Waals surface area (Å²) < 4.78 is 9.87. The van der Waals surface area contributed by atoms with Gasteiger partial charge in [-0.3, -0.25) is 4.79 Å². The van der Waals surface area contributed by atoms with E-state index in [-0.39, 0.29) is 20.9 Å². The molecule has 0 fully saturated rings. The first kappa shape index (κ1) is 23.3. The van der Waals surface area contributed by atoms with Gasteiger partial charge in [0, 0.05) is 9.75 Å². The van der Waals surface area contributed by atoms with Crippen LogP contribution in [0.3, 0.4) is 0 Å². The van der Waals surface area contributed by atoms with Crippen molar-refractivity contribution in [2.24, 2.45) is 0 Å². The number of carbonyl (C=O) groups excluding carboxylic acids is 3. The van der Waals surface area contributed by atoms with Crippen molar-refractivity contribution in [1.82, 2.24) is 0 Å². The van der Waals surface area contributed by atoms with Crippen molar-refractivity contribution >= 4 is 63.3 Å². The zero-order chi connectivity index (χ0) is 23.0. The molecule has 2 N–H and O–H groups in total. The summed E-state index contributed by atoms with van der Waals surface area (Å²) in [5.41, 5.74) is -0.101. The van der Waals surface area contributed by atoms with Crippen LogP contribution < -0.4 is 0 Å². The summed E-state index contributed by atoms with van der Waals surface area (Å²) in [4.78, 5) is 39.3. The van der Waals surface area contributed by atoms with Crippen LogP contribution in [0, 0.1) is 13.8 Å². The van der Waals surface area contributed by atoms with E-state index in [1.54, 1.807) is 26.0 Å². The Hall–Kier alpha value is -2.40. The van der Waals surface area contributed by atoms with Gasteiger partial charge >= 0.3 is 11.9 Å². The Morgan fingerprint density at radius 2 is 1.32 bits per heavy atom. The largest absolute Gasteiger partial charge is 0.506 e. The fourth-order valence-corrected chi connectivity index (χ4v) is 6.53. The number of ketones is 1. The molecule has 0 atom stereocenters. The quantitative estimate of drug-likeness (QED) is 0.356. The van der Waals surface area contributed by atoms with Gasteiger partial charge in [0.15, 0.2) is 5.78 Å². The molecule has 7 nitrogen and oxygen atoms in total. The second-order valence-electron chi connectivity index (χ2n) is 6.38. The van der Waals surface area contributed by atoms with Gasteiger partial charge in [0.2, 0.25) is 0 Å². The topological polar surface area (TPSA) is 110 Å². The third-order valence-corrected chi connectivity index (χ3v) is 8.12. The molecule has 3 aromatic heterocycles. The first-order valence-electron chi connectivity index (χ1n) is 8.72. The molecule has 0 unspecified atom stereocenters. The average Bonchev–Trinajstić information content (AvgIpc) is 3.37. The first-order chi connectivity index (χ1) is 14.6. The van der Waals surface area contributed by atoms with Crippen molar-refractivity contribution in [2.45, 2.75) is 19.8 Å². The summed E-state index contributed by atoms with van der Waals surface area (Å²) in [6.45, 7) is 3.23. The van der Waals surface area contributed by atoms with E-state index in [9.17, 15) is 24.6 Å². The molecule has 0 saturated carbocycles. The van der Waals surface area contributed by atoms with Crippen LogP contribution in [0.15, 0.2) is 12.1 Å². The molecule has 0 aliphatic carbocycles. The number of esters is 2. The zero-order valence-corrected chi connectivity index (χ0v) is 20.0. The van der Waals surface area contributed by atoms with E-state index in [1.165, 1.54) is 14.2 Å². The fourth-order valence-electron chi connectivity index (χ4n) is 3.13. The van der Waals surface area contributed by atoms with E-state index in [2.05, 4.69) is 0 Å². The number of thiophene rings is 3. The Balaban J connectivity index is 2.27. The minimum atomic E-state index is -1.17. The highest BCUT2D eigenvalue weighted by Crippen LogP contribution is 2.49. The summed E-state index contributed by atoms with van der Waals surface area (Å²) in [6, 6.07) is 3.11. The van der Waals surface area contributed by atoms with E-state index in [0.717, 1.165) is 34.0 Å². The Kier molecular flexibility index (Phi) is 6.75. The fraction of sp³-hybridized carbons (Fsp3) is 0.250. The Bertz CT molecular complexity index is 1120. The SMILES string of the molecule is COC(=O)c1c(C)sc(C(C(=O)c2ccc(Cl)s2)c2sc(C)c(C(=O)OC)c2O)c1O. The average molecular weight is 501 g/mol. The highest BCUT2D eigenvalue weighted by atomic mass is 35.5. The van der Waals surface area contributed by atoms with Crippen LogP contribution >= 0.6 is 45.6 Å². The lowest BCUT2D eigenvalue weighted by atomic mass is 9.96. The van der Waals surface area contributed by atoms with E-state index >= 15 is 0 Å². The molecule has 3 heterocycles. The van der Waals surface area contributed by atoms with Crippen LogP contribution in [-0.2, 0) is 9.47 Å². The maximum Gasteiger partial charge on any atom is 0.342 e. The maximum absolute atomic E-state index is 13.5. The molecule has 0 saturated heterocycles. The Morgan fingerprint density at radius 1 is 0.871 bits per heavy atom. The summed E-state index contributed by atoms with van der Waals surface area (Å²) in [5.74, 6) is -3.91. The van der Waals surface area contributed by atoms with E-state index < -0.39 is 35.1 Å². The van der Waals surface area contributed by atoms with Gasteiger partial charge in [-0.15, -0.1) is 34.0 Å². The number of hydrogen-bond acceptors (Lipinski definition) is 10. The van der Waals surface area contributed by atoms with Crippen molar-refractivity contribution in [3.05, 3.63) is 52.0 Å². The normalized spacial score (nSPS) is 11.0. The molecule has 0 aliphatic heterocycles. The lowest BCUT2D eigenvalue weighted by Gasteiger charge is -2.14. The molecule has 31 heavy (non-hydrogen) atoms. The van der Waals surface area contributed by atoms with Gasteiger partial charge < -0.3 is 19.7 Å². The third kappa shape index (κ3) is 4.08. The predicted octanol–water partition coefficient (Wildman–Crippen LogP) is 5.14. The molecule has 3 rings (SSSR count). The van der Waals surface area contributed by atoms with Crippen molar-refractivity contribution in [2.75, 3.05) is 14.2 Å². The number of rotatable bonds is 6. The molecule has 0 aromatic carbocycles. The Morgan fingerprint density at radius 3 is 1.68 bits per heavy atom. The van der Waals surface area contributed by atoms with Crippen LogP contribution in [0.4, 0.5) is 0 Å². The number of methoxy groups -OCH3 is 2. The molecule has 164 valence electrons. The van der Waals surface area contributed by atoms with Crippen molar-refractivity contribution in [1.29, 1.82) is 0 Å². The summed E-state index contributed by atoms with van der Waals surface area (Å²) in [7, 11) is 2.37. The third-order valence-electron chi connectivity index (χ3n) is 4.55. The number of hydrogen-bond donors (Lipinski definition) is 2. The minimum Gasteiger partial charge on any atom is -0.506 e. The van der Waals surface area contributed by atoms with Crippen LogP contribution in [0.2, 0.25) is 4.34 Å².